The maximum atomic E-state index is 11.6. The molecular formula is C25H32N5O6P. The quantitative estimate of drug-likeness (QED) is 0.135. The Hall–Kier alpha value is -3.21. The van der Waals surface area contributed by atoms with Gasteiger partial charge >= 0.3 is 7.82 Å². The fourth-order valence-electron chi connectivity index (χ4n) is 4.31. The predicted octanol–water partition coefficient (Wildman–Crippen LogP) is 3.25. The first-order valence-electron chi connectivity index (χ1n) is 12.1. The number of fused-ring (bicyclic) bond motifs is 3. The van der Waals surface area contributed by atoms with Crippen molar-refractivity contribution in [1.82, 2.24) is 14.5 Å². The largest absolute Gasteiger partial charge is 0.524 e. The molecule has 0 fully saturated rings. The number of rotatable bonds is 12. The van der Waals surface area contributed by atoms with E-state index < -0.39 is 7.82 Å². The number of nitrogens with two attached hydrogens (primary N) is 2. The Morgan fingerprint density at radius 1 is 1.08 bits per heavy atom. The van der Waals surface area contributed by atoms with Crippen molar-refractivity contribution < 1.29 is 28.7 Å². The van der Waals surface area contributed by atoms with Gasteiger partial charge in [-0.3, -0.25) is 9.79 Å². The van der Waals surface area contributed by atoms with E-state index in [-0.39, 0.29) is 18.0 Å². The van der Waals surface area contributed by atoms with Crippen molar-refractivity contribution in [2.75, 3.05) is 25.5 Å². The Morgan fingerprint density at radius 2 is 1.89 bits per heavy atom. The number of imidazole rings is 1. The van der Waals surface area contributed by atoms with E-state index in [0.717, 1.165) is 35.1 Å². The van der Waals surface area contributed by atoms with E-state index in [1.54, 1.807) is 0 Å². The lowest BCUT2D eigenvalue weighted by Gasteiger charge is -2.16. The second-order valence-electron chi connectivity index (χ2n) is 8.79. The highest BCUT2D eigenvalue weighted by Gasteiger charge is 2.22. The summed E-state index contributed by atoms with van der Waals surface area (Å²) >= 11 is 0. The van der Waals surface area contributed by atoms with Gasteiger partial charge in [0.25, 0.3) is 0 Å². The molecule has 2 aromatic carbocycles. The molecule has 4 aromatic rings. The lowest BCUT2D eigenvalue weighted by atomic mass is 10.1. The maximum Gasteiger partial charge on any atom is 0.524 e. The number of ether oxygens (including phenoxy) is 1. The molecule has 2 heterocycles. The van der Waals surface area contributed by atoms with Crippen LogP contribution < -0.4 is 16.0 Å². The Morgan fingerprint density at radius 3 is 2.62 bits per heavy atom. The Balaban J connectivity index is 1.88. The Labute approximate surface area is 214 Å². The number of phosphoric ester groups is 1. The number of hydrogen-bond acceptors (Lipinski definition) is 8. The molecule has 198 valence electrons. The number of nitrogens with zero attached hydrogens (tertiary/aromatic N) is 3. The summed E-state index contributed by atoms with van der Waals surface area (Å²) in [4.78, 5) is 28.2. The summed E-state index contributed by atoms with van der Waals surface area (Å²) in [6, 6.07) is 9.99. The van der Waals surface area contributed by atoms with Crippen molar-refractivity contribution in [1.29, 1.82) is 0 Å². The van der Waals surface area contributed by atoms with E-state index >= 15 is 0 Å². The summed E-state index contributed by atoms with van der Waals surface area (Å²) in [5.41, 5.74) is 15.3. The zero-order valence-corrected chi connectivity index (χ0v) is 21.5. The summed E-state index contributed by atoms with van der Waals surface area (Å²) in [6.45, 7) is 3.71. The molecule has 4 rings (SSSR count). The second kappa shape index (κ2) is 11.5. The van der Waals surface area contributed by atoms with Crippen molar-refractivity contribution in [3.8, 4) is 11.5 Å². The van der Waals surface area contributed by atoms with Crippen LogP contribution in [-0.4, -0.2) is 49.2 Å². The first kappa shape index (κ1) is 26.8. The average Bonchev–Trinajstić information content (AvgIpc) is 3.21. The molecule has 0 saturated carbocycles. The molecule has 0 aliphatic carbocycles. The molecule has 0 saturated heterocycles. The molecular weight excluding hydrogens is 497 g/mol. The maximum absolute atomic E-state index is 11.6. The van der Waals surface area contributed by atoms with Crippen molar-refractivity contribution in [3.05, 3.63) is 53.3 Å². The first-order valence-corrected chi connectivity index (χ1v) is 13.6. The minimum absolute atomic E-state index is 0.0292. The van der Waals surface area contributed by atoms with E-state index in [2.05, 4.69) is 11.9 Å². The van der Waals surface area contributed by atoms with Crippen LogP contribution in [0, 0.1) is 0 Å². The third-order valence-electron chi connectivity index (χ3n) is 5.99. The van der Waals surface area contributed by atoms with E-state index in [4.69, 9.17) is 25.7 Å². The van der Waals surface area contributed by atoms with Crippen molar-refractivity contribution in [2.45, 2.75) is 39.2 Å². The number of anilines is 1. The number of nitrogen functional groups attached to an aromatic ring is 1. The molecule has 0 aliphatic heterocycles. The van der Waals surface area contributed by atoms with Crippen LogP contribution >= 0.6 is 7.82 Å². The van der Waals surface area contributed by atoms with Gasteiger partial charge in [0, 0.05) is 23.9 Å². The lowest BCUT2D eigenvalue weighted by molar-refractivity contribution is 0.145. The van der Waals surface area contributed by atoms with Gasteiger partial charge < -0.3 is 30.4 Å². The molecule has 12 heteroatoms. The minimum Gasteiger partial charge on any atom is -0.508 e. The summed E-state index contributed by atoms with van der Waals surface area (Å²) in [5.74, 6) is 0.956. The van der Waals surface area contributed by atoms with Gasteiger partial charge in [-0.25, -0.2) is 14.5 Å². The first-order chi connectivity index (χ1) is 17.7. The Kier molecular flexibility index (Phi) is 8.31. The van der Waals surface area contributed by atoms with E-state index in [9.17, 15) is 19.5 Å². The van der Waals surface area contributed by atoms with Gasteiger partial charge in [0.05, 0.1) is 30.8 Å². The van der Waals surface area contributed by atoms with Crippen LogP contribution in [0.25, 0.3) is 21.9 Å². The average molecular weight is 530 g/mol. The van der Waals surface area contributed by atoms with Crippen LogP contribution in [0.1, 0.15) is 36.7 Å². The smallest absolute Gasteiger partial charge is 0.508 e. The molecule has 0 bridgehead atoms. The van der Waals surface area contributed by atoms with Crippen LogP contribution in [-0.2, 0) is 28.7 Å². The van der Waals surface area contributed by atoms with E-state index in [1.807, 2.05) is 22.8 Å². The van der Waals surface area contributed by atoms with Gasteiger partial charge in [0.1, 0.15) is 22.8 Å². The highest BCUT2D eigenvalue weighted by atomic mass is 31.2. The lowest BCUT2D eigenvalue weighted by Crippen LogP contribution is -2.10. The Bertz CT molecular complexity index is 1450. The fourth-order valence-corrected chi connectivity index (χ4v) is 4.74. The van der Waals surface area contributed by atoms with E-state index in [0.29, 0.717) is 55.0 Å². The topological polar surface area (TPSA) is 179 Å². The predicted molar refractivity (Wildman–Crippen MR) is 142 cm³/mol. The minimum atomic E-state index is -4.82. The molecule has 37 heavy (non-hydrogen) atoms. The van der Waals surface area contributed by atoms with Crippen LogP contribution in [0.4, 0.5) is 5.82 Å². The van der Waals surface area contributed by atoms with Crippen LogP contribution in [0.3, 0.4) is 0 Å². The number of hydrogen-bond donors (Lipinski definition) is 5. The number of aryl methyl sites for hydroxylation is 1. The van der Waals surface area contributed by atoms with Crippen molar-refractivity contribution >= 4 is 35.6 Å². The summed E-state index contributed by atoms with van der Waals surface area (Å²) in [7, 11) is -4.82. The molecule has 0 amide bonds. The van der Waals surface area contributed by atoms with Crippen LogP contribution in [0.15, 0.2) is 36.4 Å². The van der Waals surface area contributed by atoms with Gasteiger partial charge in [0.2, 0.25) is 0 Å². The number of aromatic hydroxyl groups is 1. The highest BCUT2D eigenvalue weighted by molar-refractivity contribution is 7.46. The summed E-state index contributed by atoms with van der Waals surface area (Å²) in [5, 5.41) is 11.0. The zero-order valence-electron chi connectivity index (χ0n) is 20.6. The van der Waals surface area contributed by atoms with Gasteiger partial charge in [-0.2, -0.15) is 0 Å². The van der Waals surface area contributed by atoms with Crippen LogP contribution in [0.2, 0.25) is 0 Å². The van der Waals surface area contributed by atoms with Gasteiger partial charge in [-0.05, 0) is 48.7 Å². The highest BCUT2D eigenvalue weighted by Crippen LogP contribution is 2.41. The molecule has 0 atom stereocenters. The molecule has 0 spiro atoms. The van der Waals surface area contributed by atoms with Crippen LogP contribution in [0.5, 0.6) is 11.5 Å². The van der Waals surface area contributed by atoms with Crippen molar-refractivity contribution in [3.63, 3.8) is 0 Å². The van der Waals surface area contributed by atoms with Gasteiger partial charge in [0.15, 0.2) is 5.82 Å². The molecule has 0 aliphatic rings. The summed E-state index contributed by atoms with van der Waals surface area (Å²) in [6.07, 6.45) is 3.17. The number of phenols is 1. The molecule has 0 unspecified atom stereocenters. The molecule has 11 nitrogen and oxygen atoms in total. The standard InChI is InChI=1S/C25H32N5O6P/c1-2-3-4-22-29-23-24(30(22)15-17-14-18(31)6-8-21(17)36-37(32,33)34)19-13-16(9-11-35-12-10-26)5-7-20(19)28-25(23)27/h5-8,13-14,31H,2-4,9-12,15,26H2,1H3,(H2,27,28)(H2,32,33,34). The number of unbranched alkanes of at least 4 members (excludes halogenated alkanes) is 1. The SMILES string of the molecule is CCCCc1nc2c(N)nc3ccc(CCOCCN)cc3c2n1Cc1cc(O)ccc1OP(=O)(O)O. The van der Waals surface area contributed by atoms with Gasteiger partial charge in [-0.1, -0.05) is 19.4 Å². The summed E-state index contributed by atoms with van der Waals surface area (Å²) < 4.78 is 24.0. The second-order valence-corrected chi connectivity index (χ2v) is 9.95. The monoisotopic (exact) mass is 529 g/mol. The third-order valence-corrected chi connectivity index (χ3v) is 6.42. The number of aromatic nitrogens is 3. The number of phenolic OH excluding ortho intramolecular Hbond substituents is 1. The number of phosphoric acid groups is 1. The van der Waals surface area contributed by atoms with Gasteiger partial charge in [-0.15, -0.1) is 0 Å². The third kappa shape index (κ3) is 6.38. The molecule has 2 aromatic heterocycles. The number of pyridine rings is 1. The number of benzene rings is 2. The zero-order chi connectivity index (χ0) is 26.6. The normalized spacial score (nSPS) is 12.0. The van der Waals surface area contributed by atoms with E-state index in [1.165, 1.54) is 18.2 Å². The van der Waals surface area contributed by atoms with Crippen molar-refractivity contribution in [2.24, 2.45) is 5.73 Å². The fraction of sp³-hybridized carbons (Fsp3) is 0.360. The molecule has 0 radical (unpaired) electrons. The molecule has 7 N–H and O–H groups in total.